The minimum absolute atomic E-state index is 0. The summed E-state index contributed by atoms with van der Waals surface area (Å²) in [5.41, 5.74) is 0.906. The Hall–Kier alpha value is -2.97. The summed E-state index contributed by atoms with van der Waals surface area (Å²) in [6, 6.07) is 5.36. The molecule has 2 N–H and O–H groups in total. The highest BCUT2D eigenvalue weighted by atomic mass is 19.4. The van der Waals surface area contributed by atoms with E-state index in [1.165, 1.54) is 12.1 Å². The number of nitrogens with one attached hydrogen (secondary N) is 2. The molecule has 3 aromatic rings. The maximum atomic E-state index is 13.4. The van der Waals surface area contributed by atoms with Gasteiger partial charge in [0, 0.05) is 16.8 Å². The van der Waals surface area contributed by atoms with E-state index in [0.717, 1.165) is 36.6 Å². The number of nitrogens with zero attached hydrogens (tertiary/aromatic N) is 4. The van der Waals surface area contributed by atoms with Gasteiger partial charge >= 0.3 is 6.18 Å². The maximum Gasteiger partial charge on any atom is 0.417 e. The van der Waals surface area contributed by atoms with E-state index in [1.807, 2.05) is 0 Å². The highest BCUT2D eigenvalue weighted by Gasteiger charge is 2.34. The maximum absolute atomic E-state index is 13.4. The highest BCUT2D eigenvalue weighted by Crippen LogP contribution is 2.37. The van der Waals surface area contributed by atoms with Crippen LogP contribution in [0, 0.1) is 6.92 Å². The molecule has 4 rings (SSSR count). The summed E-state index contributed by atoms with van der Waals surface area (Å²) in [5.74, 6) is 1.47. The third-order valence-electron chi connectivity index (χ3n) is 4.48. The van der Waals surface area contributed by atoms with Crippen LogP contribution in [0.25, 0.3) is 11.4 Å². The van der Waals surface area contributed by atoms with E-state index in [9.17, 15) is 13.2 Å². The predicted molar refractivity (Wildman–Crippen MR) is 100 cm³/mol. The number of hydrogen-bond donors (Lipinski definition) is 2. The molecular weight excluding hydrogens is 369 g/mol. The van der Waals surface area contributed by atoms with E-state index < -0.39 is 11.7 Å². The quantitative estimate of drug-likeness (QED) is 0.668. The molecule has 2 heterocycles. The number of aromatic nitrogens is 5. The van der Waals surface area contributed by atoms with Gasteiger partial charge in [-0.15, -0.1) is 5.10 Å². The van der Waals surface area contributed by atoms with Gasteiger partial charge in [0.15, 0.2) is 5.82 Å². The SMILES string of the molecule is C.Cc1nc(Nc2nc(-c3ccccc3C(F)(F)F)nc3c2CCCC3)n[nH]1. The number of alkyl halides is 3. The molecule has 1 aliphatic rings. The third kappa shape index (κ3) is 3.83. The zero-order valence-corrected chi connectivity index (χ0v) is 14.6. The molecule has 6 nitrogen and oxygen atoms in total. The van der Waals surface area contributed by atoms with Gasteiger partial charge in [-0.25, -0.2) is 9.97 Å². The molecule has 1 aromatic carbocycles. The molecule has 1 aliphatic carbocycles. The summed E-state index contributed by atoms with van der Waals surface area (Å²) in [6.45, 7) is 1.76. The first-order chi connectivity index (χ1) is 12.9. The van der Waals surface area contributed by atoms with Crippen LogP contribution in [0.4, 0.5) is 24.9 Å². The monoisotopic (exact) mass is 390 g/mol. The molecule has 0 amide bonds. The number of aromatic amines is 1. The number of halogens is 3. The van der Waals surface area contributed by atoms with Crippen molar-refractivity contribution in [3.63, 3.8) is 0 Å². The summed E-state index contributed by atoms with van der Waals surface area (Å²) in [7, 11) is 0. The fraction of sp³-hybridized carbons (Fsp3) is 0.368. The average molecular weight is 390 g/mol. The van der Waals surface area contributed by atoms with Crippen molar-refractivity contribution in [1.29, 1.82) is 0 Å². The van der Waals surface area contributed by atoms with Crippen LogP contribution in [-0.4, -0.2) is 25.1 Å². The Morgan fingerprint density at radius 2 is 1.79 bits per heavy atom. The molecule has 0 unspecified atom stereocenters. The molecule has 0 radical (unpaired) electrons. The number of hydrogen-bond acceptors (Lipinski definition) is 5. The first kappa shape index (κ1) is 19.8. The van der Waals surface area contributed by atoms with Crippen molar-refractivity contribution in [1.82, 2.24) is 25.1 Å². The van der Waals surface area contributed by atoms with Gasteiger partial charge in [-0.3, -0.25) is 5.10 Å². The Morgan fingerprint density at radius 1 is 1.04 bits per heavy atom. The van der Waals surface area contributed by atoms with Crippen LogP contribution in [0.2, 0.25) is 0 Å². The number of fused-ring (bicyclic) bond motifs is 1. The molecule has 0 saturated heterocycles. The second-order valence-electron chi connectivity index (χ2n) is 6.44. The lowest BCUT2D eigenvalue weighted by molar-refractivity contribution is -0.137. The molecule has 0 atom stereocenters. The second kappa shape index (κ2) is 7.57. The summed E-state index contributed by atoms with van der Waals surface area (Å²) in [4.78, 5) is 13.1. The molecule has 0 bridgehead atoms. The summed E-state index contributed by atoms with van der Waals surface area (Å²) in [6.07, 6.45) is -1.08. The van der Waals surface area contributed by atoms with Crippen molar-refractivity contribution in [3.05, 3.63) is 46.9 Å². The smallest absolute Gasteiger partial charge is 0.307 e. The van der Waals surface area contributed by atoms with Gasteiger partial charge in [0.2, 0.25) is 5.95 Å². The molecule has 0 spiro atoms. The lowest BCUT2D eigenvalue weighted by atomic mass is 9.96. The van der Waals surface area contributed by atoms with Gasteiger partial charge < -0.3 is 5.32 Å². The topological polar surface area (TPSA) is 79.4 Å². The second-order valence-corrected chi connectivity index (χ2v) is 6.44. The van der Waals surface area contributed by atoms with Crippen LogP contribution in [0.5, 0.6) is 0 Å². The van der Waals surface area contributed by atoms with Crippen molar-refractivity contribution in [2.45, 2.75) is 46.2 Å². The van der Waals surface area contributed by atoms with Gasteiger partial charge in [-0.1, -0.05) is 25.6 Å². The van der Waals surface area contributed by atoms with Crippen LogP contribution >= 0.6 is 0 Å². The van der Waals surface area contributed by atoms with Crippen LogP contribution < -0.4 is 5.32 Å². The Labute approximate surface area is 160 Å². The Kier molecular flexibility index (Phi) is 5.35. The van der Waals surface area contributed by atoms with Crippen LogP contribution in [0.15, 0.2) is 24.3 Å². The number of aryl methyl sites for hydroxylation is 2. The fourth-order valence-corrected chi connectivity index (χ4v) is 3.25. The first-order valence-electron chi connectivity index (χ1n) is 8.64. The standard InChI is InChI=1S/C18H17F3N6.CH4/c1-10-22-17(27-26-10)25-16-12-7-3-5-9-14(12)23-15(24-16)11-6-2-4-8-13(11)18(19,20)21;/h2,4,6,8H,3,5,7,9H2,1H3,(H2,22,23,24,25,26,27);1H4. The summed E-state index contributed by atoms with van der Waals surface area (Å²) >= 11 is 0. The Bertz CT molecular complexity index is 980. The normalized spacial score (nSPS) is 13.6. The minimum atomic E-state index is -4.48. The number of rotatable bonds is 3. The van der Waals surface area contributed by atoms with Gasteiger partial charge in [0.1, 0.15) is 11.6 Å². The van der Waals surface area contributed by atoms with Crippen molar-refractivity contribution in [2.75, 3.05) is 5.32 Å². The van der Waals surface area contributed by atoms with Gasteiger partial charge in [-0.05, 0) is 38.7 Å². The number of anilines is 2. The molecule has 0 fully saturated rings. The molecule has 0 aliphatic heterocycles. The Balaban J connectivity index is 0.00000225. The molecule has 2 aromatic heterocycles. The predicted octanol–water partition coefficient (Wildman–Crippen LogP) is 4.85. The number of benzene rings is 1. The third-order valence-corrected chi connectivity index (χ3v) is 4.48. The summed E-state index contributed by atoms with van der Waals surface area (Å²) in [5, 5.41) is 9.80. The van der Waals surface area contributed by atoms with Gasteiger partial charge in [0.05, 0.1) is 5.56 Å². The minimum Gasteiger partial charge on any atom is -0.307 e. The van der Waals surface area contributed by atoms with Crippen molar-refractivity contribution >= 4 is 11.8 Å². The summed E-state index contributed by atoms with van der Waals surface area (Å²) < 4.78 is 40.3. The van der Waals surface area contributed by atoms with Crippen LogP contribution in [0.3, 0.4) is 0 Å². The lowest BCUT2D eigenvalue weighted by Crippen LogP contribution is -2.14. The van der Waals surface area contributed by atoms with E-state index in [2.05, 4.69) is 30.5 Å². The molecule has 28 heavy (non-hydrogen) atoms. The molecule has 148 valence electrons. The van der Waals surface area contributed by atoms with Gasteiger partial charge in [-0.2, -0.15) is 18.2 Å². The van der Waals surface area contributed by atoms with Crippen molar-refractivity contribution in [2.24, 2.45) is 0 Å². The Morgan fingerprint density at radius 3 is 2.50 bits per heavy atom. The van der Waals surface area contributed by atoms with Crippen molar-refractivity contribution < 1.29 is 13.2 Å². The van der Waals surface area contributed by atoms with E-state index in [4.69, 9.17) is 0 Å². The molecular formula is C19H21F3N6. The van der Waals surface area contributed by atoms with E-state index in [0.29, 0.717) is 24.0 Å². The highest BCUT2D eigenvalue weighted by molar-refractivity contribution is 5.66. The number of H-pyrrole nitrogens is 1. The largest absolute Gasteiger partial charge is 0.417 e. The molecule has 0 saturated carbocycles. The zero-order chi connectivity index (χ0) is 19.0. The average Bonchev–Trinajstić information content (AvgIpc) is 3.06. The van der Waals surface area contributed by atoms with Crippen molar-refractivity contribution in [3.8, 4) is 11.4 Å². The van der Waals surface area contributed by atoms with E-state index >= 15 is 0 Å². The van der Waals surface area contributed by atoms with Crippen LogP contribution in [-0.2, 0) is 19.0 Å². The van der Waals surface area contributed by atoms with E-state index in [-0.39, 0.29) is 18.8 Å². The van der Waals surface area contributed by atoms with Gasteiger partial charge in [0.25, 0.3) is 0 Å². The zero-order valence-electron chi connectivity index (χ0n) is 14.6. The molecule has 9 heteroatoms. The van der Waals surface area contributed by atoms with E-state index in [1.54, 1.807) is 13.0 Å². The lowest BCUT2D eigenvalue weighted by Gasteiger charge is -2.20. The van der Waals surface area contributed by atoms with Crippen LogP contribution in [0.1, 0.15) is 42.9 Å². The fourth-order valence-electron chi connectivity index (χ4n) is 3.25. The first-order valence-corrected chi connectivity index (χ1v) is 8.64.